The zero-order valence-corrected chi connectivity index (χ0v) is 9.18. The van der Waals surface area contributed by atoms with Gasteiger partial charge in [0.25, 0.3) is 0 Å². The van der Waals surface area contributed by atoms with E-state index in [0.29, 0.717) is 12.1 Å². The molecule has 0 atom stereocenters. The molecular formula is C12H12N4O. The summed E-state index contributed by atoms with van der Waals surface area (Å²) in [5.74, 6) is 0.0497. The third kappa shape index (κ3) is 1.65. The Morgan fingerprint density at radius 2 is 2.24 bits per heavy atom. The molecule has 1 aromatic carbocycles. The number of nitrogens with two attached hydrogens (primary N) is 1. The molecule has 3 N–H and O–H groups in total. The van der Waals surface area contributed by atoms with Crippen LogP contribution < -0.4 is 11.1 Å². The second kappa shape index (κ2) is 3.62. The lowest BCUT2D eigenvalue weighted by molar-refractivity contribution is -0.116. The Labute approximate surface area is 98.2 Å². The lowest BCUT2D eigenvalue weighted by Gasteiger charge is -2.19. The smallest absolute Gasteiger partial charge is 0.224 e. The fourth-order valence-electron chi connectivity index (χ4n) is 2.05. The average molecular weight is 228 g/mol. The summed E-state index contributed by atoms with van der Waals surface area (Å²) in [6.45, 7) is 0. The number of benzene rings is 1. The quantitative estimate of drug-likeness (QED) is 0.723. The second-order valence-corrected chi connectivity index (χ2v) is 4.07. The lowest BCUT2D eigenvalue weighted by atomic mass is 10.0. The van der Waals surface area contributed by atoms with Crippen LogP contribution in [-0.4, -0.2) is 15.7 Å². The van der Waals surface area contributed by atoms with E-state index in [-0.39, 0.29) is 5.91 Å². The van der Waals surface area contributed by atoms with Crippen molar-refractivity contribution < 1.29 is 4.79 Å². The van der Waals surface area contributed by atoms with Gasteiger partial charge < -0.3 is 11.1 Å². The molecule has 86 valence electrons. The number of hydrogen-bond donors (Lipinski definition) is 2. The van der Waals surface area contributed by atoms with Gasteiger partial charge in [-0.15, -0.1) is 0 Å². The van der Waals surface area contributed by atoms with Crippen molar-refractivity contribution in [3.63, 3.8) is 0 Å². The van der Waals surface area contributed by atoms with Crippen LogP contribution in [0.2, 0.25) is 0 Å². The third-order valence-corrected chi connectivity index (χ3v) is 2.90. The summed E-state index contributed by atoms with van der Waals surface area (Å²) >= 11 is 0. The largest absolute Gasteiger partial charge is 0.397 e. The van der Waals surface area contributed by atoms with Crippen molar-refractivity contribution >= 4 is 17.3 Å². The van der Waals surface area contributed by atoms with Crippen molar-refractivity contribution in [3.8, 4) is 5.69 Å². The van der Waals surface area contributed by atoms with E-state index in [1.165, 1.54) is 0 Å². The Morgan fingerprint density at radius 1 is 1.35 bits per heavy atom. The highest BCUT2D eigenvalue weighted by Crippen LogP contribution is 2.29. The maximum Gasteiger partial charge on any atom is 0.224 e. The van der Waals surface area contributed by atoms with Crippen LogP contribution in [0, 0.1) is 0 Å². The van der Waals surface area contributed by atoms with Gasteiger partial charge in [0.15, 0.2) is 0 Å². The molecule has 0 saturated carbocycles. The fraction of sp³-hybridized carbons (Fsp3) is 0.167. The highest BCUT2D eigenvalue weighted by Gasteiger charge is 2.17. The first kappa shape index (κ1) is 9.89. The lowest BCUT2D eigenvalue weighted by Crippen LogP contribution is -2.19. The molecule has 3 rings (SSSR count). The number of carbonyl (C=O) groups is 1. The molecule has 5 nitrogen and oxygen atoms in total. The van der Waals surface area contributed by atoms with Crippen LogP contribution in [-0.2, 0) is 11.2 Å². The first-order valence-corrected chi connectivity index (χ1v) is 5.46. The molecule has 1 aliphatic heterocycles. The van der Waals surface area contributed by atoms with Crippen molar-refractivity contribution in [2.75, 3.05) is 11.1 Å². The van der Waals surface area contributed by atoms with E-state index in [1.54, 1.807) is 10.9 Å². The average Bonchev–Trinajstić information content (AvgIpc) is 2.82. The molecule has 0 bridgehead atoms. The van der Waals surface area contributed by atoms with Crippen molar-refractivity contribution in [1.82, 2.24) is 9.78 Å². The number of anilines is 2. The molecule has 0 fully saturated rings. The van der Waals surface area contributed by atoms with Crippen molar-refractivity contribution in [3.05, 3.63) is 36.2 Å². The summed E-state index contributed by atoms with van der Waals surface area (Å²) < 4.78 is 1.69. The number of nitrogens with one attached hydrogen (secondary N) is 1. The topological polar surface area (TPSA) is 72.9 Å². The van der Waals surface area contributed by atoms with Crippen molar-refractivity contribution in [2.45, 2.75) is 12.8 Å². The maximum atomic E-state index is 11.3. The number of nitrogen functional groups attached to an aromatic ring is 1. The van der Waals surface area contributed by atoms with Crippen molar-refractivity contribution in [2.24, 2.45) is 0 Å². The minimum absolute atomic E-state index is 0.0497. The number of hydrogen-bond acceptors (Lipinski definition) is 3. The molecule has 2 heterocycles. The SMILES string of the molecule is Nc1cc2c(cc1-n1cccn1)NC(=O)CC2. The molecule has 0 unspecified atom stereocenters. The van der Waals surface area contributed by atoms with E-state index >= 15 is 0 Å². The first-order chi connectivity index (χ1) is 8.24. The van der Waals surface area contributed by atoms with Gasteiger partial charge in [-0.05, 0) is 30.2 Å². The number of amides is 1. The van der Waals surface area contributed by atoms with Crippen LogP contribution in [0.1, 0.15) is 12.0 Å². The molecule has 1 amide bonds. The van der Waals surface area contributed by atoms with Gasteiger partial charge >= 0.3 is 0 Å². The molecule has 5 heteroatoms. The minimum atomic E-state index is 0.0497. The number of aromatic nitrogens is 2. The number of carbonyl (C=O) groups excluding carboxylic acids is 1. The van der Waals surface area contributed by atoms with E-state index in [1.807, 2.05) is 24.4 Å². The molecule has 0 spiro atoms. The third-order valence-electron chi connectivity index (χ3n) is 2.90. The van der Waals surface area contributed by atoms with Crippen LogP contribution in [0.25, 0.3) is 5.69 Å². The Morgan fingerprint density at radius 3 is 3.00 bits per heavy atom. The highest BCUT2D eigenvalue weighted by atomic mass is 16.1. The Balaban J connectivity index is 2.12. The van der Waals surface area contributed by atoms with Crippen LogP contribution in [0.15, 0.2) is 30.6 Å². The van der Waals surface area contributed by atoms with Crippen LogP contribution >= 0.6 is 0 Å². The molecule has 0 aliphatic carbocycles. The molecule has 1 aromatic heterocycles. The van der Waals surface area contributed by atoms with Gasteiger partial charge in [-0.25, -0.2) is 4.68 Å². The van der Waals surface area contributed by atoms with Gasteiger partial charge in [0.1, 0.15) is 0 Å². The summed E-state index contributed by atoms with van der Waals surface area (Å²) in [4.78, 5) is 11.3. The minimum Gasteiger partial charge on any atom is -0.397 e. The first-order valence-electron chi connectivity index (χ1n) is 5.46. The molecule has 1 aliphatic rings. The number of aryl methyl sites for hydroxylation is 1. The van der Waals surface area contributed by atoms with Gasteiger partial charge in [-0.1, -0.05) is 0 Å². The monoisotopic (exact) mass is 228 g/mol. The Hall–Kier alpha value is -2.30. The number of fused-ring (bicyclic) bond motifs is 1. The molecule has 0 saturated heterocycles. The van der Waals surface area contributed by atoms with Gasteiger partial charge in [0.2, 0.25) is 5.91 Å². The summed E-state index contributed by atoms with van der Waals surface area (Å²) in [5, 5.41) is 6.99. The van der Waals surface area contributed by atoms with Gasteiger partial charge in [0, 0.05) is 24.5 Å². The van der Waals surface area contributed by atoms with E-state index in [2.05, 4.69) is 10.4 Å². The summed E-state index contributed by atoms with van der Waals surface area (Å²) in [5.41, 5.74) is 9.37. The van der Waals surface area contributed by atoms with Gasteiger partial charge in [-0.3, -0.25) is 4.79 Å². The van der Waals surface area contributed by atoms with E-state index in [4.69, 9.17) is 5.73 Å². The molecule has 17 heavy (non-hydrogen) atoms. The maximum absolute atomic E-state index is 11.3. The highest BCUT2D eigenvalue weighted by molar-refractivity contribution is 5.95. The van der Waals surface area contributed by atoms with E-state index in [0.717, 1.165) is 23.4 Å². The number of rotatable bonds is 1. The van der Waals surface area contributed by atoms with Crippen LogP contribution in [0.4, 0.5) is 11.4 Å². The molecule has 2 aromatic rings. The van der Waals surface area contributed by atoms with E-state index < -0.39 is 0 Å². The summed E-state index contributed by atoms with van der Waals surface area (Å²) in [6, 6.07) is 5.61. The molecule has 0 radical (unpaired) electrons. The normalized spacial score (nSPS) is 14.2. The Kier molecular flexibility index (Phi) is 2.11. The van der Waals surface area contributed by atoms with Gasteiger partial charge in [-0.2, -0.15) is 5.10 Å². The Bertz CT molecular complexity index is 574. The van der Waals surface area contributed by atoms with Crippen molar-refractivity contribution in [1.29, 1.82) is 0 Å². The fourth-order valence-corrected chi connectivity index (χ4v) is 2.05. The van der Waals surface area contributed by atoms with Crippen LogP contribution in [0.5, 0.6) is 0 Å². The summed E-state index contributed by atoms with van der Waals surface area (Å²) in [6.07, 6.45) is 4.78. The predicted octanol–water partition coefficient (Wildman–Crippen LogP) is 1.34. The van der Waals surface area contributed by atoms with E-state index in [9.17, 15) is 4.79 Å². The standard InChI is InChI=1S/C12H12N4O/c13-9-6-8-2-3-12(17)15-10(8)7-11(9)16-5-1-4-14-16/h1,4-7H,2-3,13H2,(H,15,17). The predicted molar refractivity (Wildman–Crippen MR) is 64.9 cm³/mol. The number of nitrogens with zero attached hydrogens (tertiary/aromatic N) is 2. The van der Waals surface area contributed by atoms with Crippen LogP contribution in [0.3, 0.4) is 0 Å². The molecular weight excluding hydrogens is 216 g/mol. The summed E-state index contributed by atoms with van der Waals surface area (Å²) in [7, 11) is 0. The zero-order chi connectivity index (χ0) is 11.8. The second-order valence-electron chi connectivity index (χ2n) is 4.07. The zero-order valence-electron chi connectivity index (χ0n) is 9.18. The van der Waals surface area contributed by atoms with Gasteiger partial charge in [0.05, 0.1) is 11.4 Å².